The predicted molar refractivity (Wildman–Crippen MR) is 64.4 cm³/mol. The first-order valence-corrected chi connectivity index (χ1v) is 5.90. The molecule has 1 atom stereocenters. The molecule has 98 valence electrons. The molecule has 1 aromatic rings. The Morgan fingerprint density at radius 1 is 1.39 bits per heavy atom. The highest BCUT2D eigenvalue weighted by Gasteiger charge is 2.29. The molecule has 1 unspecified atom stereocenters. The van der Waals surface area contributed by atoms with Crippen LogP contribution in [0, 0.1) is 11.6 Å². The van der Waals surface area contributed by atoms with Gasteiger partial charge in [-0.25, -0.2) is 8.78 Å². The normalized spacial score (nSPS) is 19.6. The van der Waals surface area contributed by atoms with E-state index in [-0.39, 0.29) is 11.6 Å². The fraction of sp³-hybridized carbons (Fsp3) is 0.462. The van der Waals surface area contributed by atoms with Gasteiger partial charge in [-0.15, -0.1) is 0 Å². The van der Waals surface area contributed by atoms with Gasteiger partial charge in [0, 0.05) is 19.1 Å². The van der Waals surface area contributed by atoms with Crippen molar-refractivity contribution in [3.05, 3.63) is 35.4 Å². The van der Waals surface area contributed by atoms with E-state index >= 15 is 0 Å². The van der Waals surface area contributed by atoms with Crippen LogP contribution in [-0.4, -0.2) is 48.9 Å². The van der Waals surface area contributed by atoms with Gasteiger partial charge >= 0.3 is 0 Å². The van der Waals surface area contributed by atoms with Crippen molar-refractivity contribution in [1.82, 2.24) is 9.80 Å². The average Bonchev–Trinajstić information content (AvgIpc) is 2.81. The lowest BCUT2D eigenvalue weighted by Crippen LogP contribution is -2.34. The maximum absolute atomic E-state index is 13.5. The zero-order chi connectivity index (χ0) is 13.3. The minimum absolute atomic E-state index is 0.186. The molecular weight excluding hydrogens is 238 g/mol. The molecule has 1 aromatic carbocycles. The summed E-state index contributed by atoms with van der Waals surface area (Å²) in [6.45, 7) is 1.14. The van der Waals surface area contributed by atoms with Crippen LogP contribution in [0.4, 0.5) is 8.78 Å². The first-order valence-electron chi connectivity index (χ1n) is 5.90. The van der Waals surface area contributed by atoms with Gasteiger partial charge in [0.1, 0.15) is 0 Å². The van der Waals surface area contributed by atoms with Crippen LogP contribution in [0.25, 0.3) is 0 Å². The number of carbonyl (C=O) groups excluding carboxylic acids is 1. The maximum Gasteiger partial charge on any atom is 0.256 e. The van der Waals surface area contributed by atoms with Crippen LogP contribution in [0.2, 0.25) is 0 Å². The third kappa shape index (κ3) is 2.36. The summed E-state index contributed by atoms with van der Waals surface area (Å²) in [5.41, 5.74) is -0.186. The maximum atomic E-state index is 13.5. The minimum atomic E-state index is -1.06. The van der Waals surface area contributed by atoms with Gasteiger partial charge in [0.25, 0.3) is 5.91 Å². The first kappa shape index (κ1) is 13.0. The largest absolute Gasteiger partial charge is 0.337 e. The Morgan fingerprint density at radius 2 is 2.11 bits per heavy atom. The van der Waals surface area contributed by atoms with Crippen LogP contribution in [0.1, 0.15) is 16.8 Å². The SMILES string of the molecule is CN(C)C1CCN(C(=O)c2cccc(F)c2F)C1. The van der Waals surface area contributed by atoms with Gasteiger partial charge in [-0.1, -0.05) is 6.07 Å². The molecule has 1 heterocycles. The molecule has 0 saturated carbocycles. The molecule has 0 bridgehead atoms. The highest BCUT2D eigenvalue weighted by atomic mass is 19.2. The molecule has 1 aliphatic heterocycles. The number of likely N-dealkylation sites (tertiary alicyclic amines) is 1. The van der Waals surface area contributed by atoms with Gasteiger partial charge in [0.05, 0.1) is 5.56 Å². The monoisotopic (exact) mass is 254 g/mol. The van der Waals surface area contributed by atoms with E-state index in [1.54, 1.807) is 4.90 Å². The Hall–Kier alpha value is -1.49. The van der Waals surface area contributed by atoms with E-state index in [1.807, 2.05) is 19.0 Å². The highest BCUT2D eigenvalue weighted by Crippen LogP contribution is 2.19. The zero-order valence-electron chi connectivity index (χ0n) is 10.5. The average molecular weight is 254 g/mol. The molecule has 0 aromatic heterocycles. The summed E-state index contributed by atoms with van der Waals surface area (Å²) in [6.07, 6.45) is 0.857. The summed E-state index contributed by atoms with van der Waals surface area (Å²) in [5.74, 6) is -2.48. The van der Waals surface area contributed by atoms with E-state index in [9.17, 15) is 13.6 Å². The second-order valence-electron chi connectivity index (χ2n) is 4.76. The fourth-order valence-electron chi connectivity index (χ4n) is 2.19. The molecule has 5 heteroatoms. The lowest BCUT2D eigenvalue weighted by Gasteiger charge is -2.20. The number of hydrogen-bond acceptors (Lipinski definition) is 2. The number of carbonyl (C=O) groups is 1. The number of rotatable bonds is 2. The molecule has 1 fully saturated rings. The van der Waals surface area contributed by atoms with E-state index in [1.165, 1.54) is 12.1 Å². The van der Waals surface area contributed by atoms with E-state index < -0.39 is 17.5 Å². The van der Waals surface area contributed by atoms with Gasteiger partial charge in [-0.3, -0.25) is 4.79 Å². The molecular formula is C13H16F2N2O. The van der Waals surface area contributed by atoms with Crippen LogP contribution in [-0.2, 0) is 0 Å². The molecule has 0 N–H and O–H groups in total. The predicted octanol–water partition coefficient (Wildman–Crippen LogP) is 1.74. The molecule has 3 nitrogen and oxygen atoms in total. The Morgan fingerprint density at radius 3 is 2.72 bits per heavy atom. The fourth-order valence-corrected chi connectivity index (χ4v) is 2.19. The van der Waals surface area contributed by atoms with Crippen molar-refractivity contribution in [2.45, 2.75) is 12.5 Å². The number of halogens is 2. The molecule has 0 radical (unpaired) electrons. The van der Waals surface area contributed by atoms with Crippen molar-refractivity contribution in [2.75, 3.05) is 27.2 Å². The quantitative estimate of drug-likeness (QED) is 0.802. The van der Waals surface area contributed by atoms with Crippen molar-refractivity contribution in [2.24, 2.45) is 0 Å². The Labute approximate surface area is 105 Å². The van der Waals surface area contributed by atoms with Crippen molar-refractivity contribution in [1.29, 1.82) is 0 Å². The third-order valence-corrected chi connectivity index (χ3v) is 3.36. The number of benzene rings is 1. The molecule has 0 spiro atoms. The lowest BCUT2D eigenvalue weighted by atomic mass is 10.2. The molecule has 1 aliphatic rings. The molecule has 0 aliphatic carbocycles. The molecule has 1 saturated heterocycles. The molecule has 1 amide bonds. The minimum Gasteiger partial charge on any atom is -0.337 e. The van der Waals surface area contributed by atoms with Crippen molar-refractivity contribution in [3.63, 3.8) is 0 Å². The third-order valence-electron chi connectivity index (χ3n) is 3.36. The summed E-state index contributed by atoms with van der Waals surface area (Å²) in [7, 11) is 3.89. The number of likely N-dealkylation sites (N-methyl/N-ethyl adjacent to an activating group) is 1. The van der Waals surface area contributed by atoms with Crippen molar-refractivity contribution >= 4 is 5.91 Å². The van der Waals surface area contributed by atoms with Gasteiger partial charge in [0.15, 0.2) is 11.6 Å². The Bertz CT molecular complexity index is 462. The summed E-state index contributed by atoms with van der Waals surface area (Å²) >= 11 is 0. The van der Waals surface area contributed by atoms with Crippen molar-refractivity contribution < 1.29 is 13.6 Å². The lowest BCUT2D eigenvalue weighted by molar-refractivity contribution is 0.0777. The summed E-state index contributed by atoms with van der Waals surface area (Å²) in [4.78, 5) is 15.7. The summed E-state index contributed by atoms with van der Waals surface area (Å²) in [6, 6.07) is 3.97. The van der Waals surface area contributed by atoms with Gasteiger partial charge in [0.2, 0.25) is 0 Å². The van der Waals surface area contributed by atoms with Gasteiger partial charge < -0.3 is 9.80 Å². The van der Waals surface area contributed by atoms with Crippen LogP contribution in [0.3, 0.4) is 0 Å². The van der Waals surface area contributed by atoms with Crippen LogP contribution in [0.5, 0.6) is 0 Å². The molecule has 18 heavy (non-hydrogen) atoms. The number of nitrogens with zero attached hydrogens (tertiary/aromatic N) is 2. The number of hydrogen-bond donors (Lipinski definition) is 0. The van der Waals surface area contributed by atoms with Crippen LogP contribution in [0.15, 0.2) is 18.2 Å². The standard InChI is InChI=1S/C13H16F2N2O/c1-16(2)9-6-7-17(8-9)13(18)10-4-3-5-11(14)12(10)15/h3-5,9H,6-8H2,1-2H3. The Kier molecular flexibility index (Phi) is 3.61. The van der Waals surface area contributed by atoms with Gasteiger partial charge in [-0.2, -0.15) is 0 Å². The second kappa shape index (κ2) is 5.02. The van der Waals surface area contributed by atoms with Gasteiger partial charge in [-0.05, 0) is 32.6 Å². The Balaban J connectivity index is 2.16. The summed E-state index contributed by atoms with van der Waals surface area (Å²) < 4.78 is 26.6. The summed E-state index contributed by atoms with van der Waals surface area (Å²) in [5, 5.41) is 0. The zero-order valence-corrected chi connectivity index (χ0v) is 10.5. The number of amides is 1. The van der Waals surface area contributed by atoms with E-state index in [4.69, 9.17) is 0 Å². The van der Waals surface area contributed by atoms with Crippen LogP contribution >= 0.6 is 0 Å². The second-order valence-corrected chi connectivity index (χ2v) is 4.76. The van der Waals surface area contributed by atoms with E-state index in [0.29, 0.717) is 13.1 Å². The smallest absolute Gasteiger partial charge is 0.256 e. The van der Waals surface area contributed by atoms with E-state index in [2.05, 4.69) is 0 Å². The van der Waals surface area contributed by atoms with Crippen molar-refractivity contribution in [3.8, 4) is 0 Å². The highest BCUT2D eigenvalue weighted by molar-refractivity contribution is 5.94. The topological polar surface area (TPSA) is 23.6 Å². The molecule has 2 rings (SSSR count). The van der Waals surface area contributed by atoms with E-state index in [0.717, 1.165) is 12.5 Å². The van der Waals surface area contributed by atoms with Crippen LogP contribution < -0.4 is 0 Å². The first-order chi connectivity index (χ1) is 8.50.